The molecule has 1 N–H and O–H groups in total. The average molecular weight is 378 g/mol. The summed E-state index contributed by atoms with van der Waals surface area (Å²) >= 11 is 0. The summed E-state index contributed by atoms with van der Waals surface area (Å²) in [6, 6.07) is 4.00. The van der Waals surface area contributed by atoms with E-state index < -0.39 is 0 Å². The molecule has 0 aliphatic carbocycles. The first-order chi connectivity index (χ1) is 13.6. The molecule has 0 bridgehead atoms. The number of hydrogen-bond acceptors (Lipinski definition) is 4. The highest BCUT2D eigenvalue weighted by Crippen LogP contribution is 2.36. The third-order valence-electron chi connectivity index (χ3n) is 5.40. The fourth-order valence-corrected chi connectivity index (χ4v) is 4.05. The van der Waals surface area contributed by atoms with Crippen molar-refractivity contribution in [3.05, 3.63) is 54.6 Å². The van der Waals surface area contributed by atoms with Crippen molar-refractivity contribution in [2.75, 3.05) is 6.54 Å². The molecule has 146 valence electrons. The van der Waals surface area contributed by atoms with Crippen LogP contribution in [0.2, 0.25) is 0 Å². The molecule has 0 radical (unpaired) electrons. The zero-order chi connectivity index (χ0) is 19.5. The van der Waals surface area contributed by atoms with E-state index in [0.717, 1.165) is 42.0 Å². The van der Waals surface area contributed by atoms with Crippen molar-refractivity contribution in [1.29, 1.82) is 0 Å². The van der Waals surface area contributed by atoms with Gasteiger partial charge in [0.25, 0.3) is 0 Å². The van der Waals surface area contributed by atoms with E-state index in [1.807, 2.05) is 35.6 Å². The molecule has 1 aliphatic rings. The van der Waals surface area contributed by atoms with Crippen LogP contribution in [0.25, 0.3) is 11.1 Å². The fourth-order valence-electron chi connectivity index (χ4n) is 4.05. The lowest BCUT2D eigenvalue weighted by Gasteiger charge is -2.25. The van der Waals surface area contributed by atoms with E-state index in [2.05, 4.69) is 38.6 Å². The van der Waals surface area contributed by atoms with Crippen molar-refractivity contribution in [3.63, 3.8) is 0 Å². The van der Waals surface area contributed by atoms with E-state index in [-0.39, 0.29) is 11.9 Å². The topological polar surface area (TPSA) is 79.7 Å². The summed E-state index contributed by atoms with van der Waals surface area (Å²) in [5.74, 6) is 1.55. The Hall–Kier alpha value is -2.96. The van der Waals surface area contributed by atoms with Crippen LogP contribution in [-0.2, 0) is 11.3 Å². The zero-order valence-corrected chi connectivity index (χ0v) is 16.4. The predicted molar refractivity (Wildman–Crippen MR) is 106 cm³/mol. The van der Waals surface area contributed by atoms with Crippen molar-refractivity contribution in [1.82, 2.24) is 29.6 Å². The van der Waals surface area contributed by atoms with Crippen molar-refractivity contribution in [2.24, 2.45) is 0 Å². The molecule has 28 heavy (non-hydrogen) atoms. The number of aromatic nitrogens is 5. The molecule has 7 heteroatoms. The van der Waals surface area contributed by atoms with Crippen LogP contribution in [0.15, 0.2) is 43.1 Å². The molecular formula is C21H26N6O. The minimum atomic E-state index is 0.0468. The van der Waals surface area contributed by atoms with E-state index in [1.165, 1.54) is 0 Å². The molecule has 1 amide bonds. The number of carbonyl (C=O) groups is 1. The molecule has 0 unspecified atom stereocenters. The van der Waals surface area contributed by atoms with Gasteiger partial charge in [0.1, 0.15) is 5.82 Å². The molecule has 0 aromatic carbocycles. The van der Waals surface area contributed by atoms with E-state index in [0.29, 0.717) is 18.9 Å². The lowest BCUT2D eigenvalue weighted by atomic mass is 10.0. The van der Waals surface area contributed by atoms with Gasteiger partial charge in [-0.15, -0.1) is 0 Å². The van der Waals surface area contributed by atoms with Crippen LogP contribution in [0.5, 0.6) is 0 Å². The molecule has 0 saturated carbocycles. The number of carbonyl (C=O) groups excluding carboxylic acids is 1. The van der Waals surface area contributed by atoms with Gasteiger partial charge < -0.3 is 9.47 Å². The number of aryl methyl sites for hydroxylation is 1. The van der Waals surface area contributed by atoms with Gasteiger partial charge in [-0.1, -0.05) is 13.8 Å². The third kappa shape index (κ3) is 3.56. The largest absolute Gasteiger partial charge is 0.334 e. The first-order valence-electron chi connectivity index (χ1n) is 9.89. The van der Waals surface area contributed by atoms with Crippen LogP contribution in [0.4, 0.5) is 0 Å². The van der Waals surface area contributed by atoms with Gasteiger partial charge in [0, 0.05) is 55.8 Å². The molecule has 1 fully saturated rings. The second-order valence-corrected chi connectivity index (χ2v) is 7.56. The quantitative estimate of drug-likeness (QED) is 0.711. The maximum atomic E-state index is 13.0. The molecule has 4 rings (SSSR count). The second-order valence-electron chi connectivity index (χ2n) is 7.56. The van der Waals surface area contributed by atoms with Gasteiger partial charge in [-0.3, -0.25) is 14.9 Å². The number of hydrogen-bond donors (Lipinski definition) is 1. The SMILES string of the molecule is CC(C)c1nccn1CCC(=O)N1CCC[C@@H]1c1[nH]ncc1-c1ccncc1. The van der Waals surface area contributed by atoms with E-state index in [1.54, 1.807) is 12.4 Å². The number of nitrogens with one attached hydrogen (secondary N) is 1. The molecule has 3 aromatic rings. The van der Waals surface area contributed by atoms with Crippen LogP contribution >= 0.6 is 0 Å². The van der Waals surface area contributed by atoms with Crippen LogP contribution in [0, 0.1) is 0 Å². The monoisotopic (exact) mass is 378 g/mol. The standard InChI is InChI=1S/C21H26N6O/c1-15(2)21-23-10-13-26(21)12-7-19(28)27-11-3-4-18(27)20-17(14-24-25-20)16-5-8-22-9-6-16/h5-6,8-10,13-15,18H,3-4,7,11-12H2,1-2H3,(H,24,25)/t18-/m1/s1. The number of likely N-dealkylation sites (tertiary alicyclic amines) is 1. The maximum Gasteiger partial charge on any atom is 0.224 e. The highest BCUT2D eigenvalue weighted by molar-refractivity contribution is 5.77. The number of nitrogens with zero attached hydrogens (tertiary/aromatic N) is 5. The fraction of sp³-hybridized carbons (Fsp3) is 0.429. The average Bonchev–Trinajstić information content (AvgIpc) is 3.46. The summed E-state index contributed by atoms with van der Waals surface area (Å²) in [6.07, 6.45) is 11.6. The first-order valence-corrected chi connectivity index (χ1v) is 9.89. The van der Waals surface area contributed by atoms with Crippen molar-refractivity contribution in [2.45, 2.75) is 51.6 Å². The Labute approximate surface area is 164 Å². The lowest BCUT2D eigenvalue weighted by Crippen LogP contribution is -2.31. The summed E-state index contributed by atoms with van der Waals surface area (Å²) in [6.45, 7) is 5.70. The number of rotatable bonds is 6. The van der Waals surface area contributed by atoms with E-state index >= 15 is 0 Å². The molecular weight excluding hydrogens is 352 g/mol. The van der Waals surface area contributed by atoms with Crippen LogP contribution in [-0.4, -0.2) is 42.1 Å². The summed E-state index contributed by atoms with van der Waals surface area (Å²) in [7, 11) is 0. The minimum Gasteiger partial charge on any atom is -0.334 e. The Balaban J connectivity index is 1.49. The molecule has 1 atom stereocenters. The molecule has 3 aromatic heterocycles. The molecule has 4 heterocycles. The van der Waals surface area contributed by atoms with Crippen LogP contribution < -0.4 is 0 Å². The van der Waals surface area contributed by atoms with Crippen LogP contribution in [0.1, 0.15) is 56.6 Å². The van der Waals surface area contributed by atoms with Gasteiger partial charge in [0.2, 0.25) is 5.91 Å². The normalized spacial score (nSPS) is 16.8. The number of pyridine rings is 1. The maximum absolute atomic E-state index is 13.0. The third-order valence-corrected chi connectivity index (χ3v) is 5.40. The van der Waals surface area contributed by atoms with Crippen molar-refractivity contribution in [3.8, 4) is 11.1 Å². The first kappa shape index (κ1) is 18.4. The summed E-state index contributed by atoms with van der Waals surface area (Å²) < 4.78 is 2.09. The van der Waals surface area contributed by atoms with E-state index in [9.17, 15) is 4.79 Å². The second kappa shape index (κ2) is 7.96. The molecule has 1 aliphatic heterocycles. The molecule has 7 nitrogen and oxygen atoms in total. The number of aromatic amines is 1. The highest BCUT2D eigenvalue weighted by atomic mass is 16.2. The predicted octanol–water partition coefficient (Wildman–Crippen LogP) is 3.55. The van der Waals surface area contributed by atoms with Gasteiger partial charge in [-0.2, -0.15) is 5.10 Å². The van der Waals surface area contributed by atoms with Crippen molar-refractivity contribution < 1.29 is 4.79 Å². The number of amides is 1. The Morgan fingerprint density at radius 3 is 2.89 bits per heavy atom. The Kier molecular flexibility index (Phi) is 5.23. The number of imidazole rings is 1. The van der Waals surface area contributed by atoms with Gasteiger partial charge in [-0.25, -0.2) is 4.98 Å². The summed E-state index contributed by atoms with van der Waals surface area (Å²) in [5.41, 5.74) is 3.13. The summed E-state index contributed by atoms with van der Waals surface area (Å²) in [4.78, 5) is 23.5. The molecule has 0 spiro atoms. The van der Waals surface area contributed by atoms with Gasteiger partial charge in [-0.05, 0) is 30.5 Å². The Morgan fingerprint density at radius 1 is 1.29 bits per heavy atom. The van der Waals surface area contributed by atoms with Gasteiger partial charge in [0.05, 0.1) is 17.9 Å². The van der Waals surface area contributed by atoms with Crippen molar-refractivity contribution >= 4 is 5.91 Å². The minimum absolute atomic E-state index is 0.0468. The smallest absolute Gasteiger partial charge is 0.224 e. The highest BCUT2D eigenvalue weighted by Gasteiger charge is 2.32. The number of H-pyrrole nitrogens is 1. The zero-order valence-electron chi connectivity index (χ0n) is 16.4. The molecule has 1 saturated heterocycles. The summed E-state index contributed by atoms with van der Waals surface area (Å²) in [5, 5.41) is 7.40. The Bertz CT molecular complexity index is 929. The van der Waals surface area contributed by atoms with Crippen LogP contribution in [0.3, 0.4) is 0 Å². The van der Waals surface area contributed by atoms with Gasteiger partial charge >= 0.3 is 0 Å². The van der Waals surface area contributed by atoms with Gasteiger partial charge in [0.15, 0.2) is 0 Å². The Morgan fingerprint density at radius 2 is 2.11 bits per heavy atom. The lowest BCUT2D eigenvalue weighted by molar-refractivity contribution is -0.132. The van der Waals surface area contributed by atoms with E-state index in [4.69, 9.17) is 0 Å².